The number of hydrogen-bond acceptors (Lipinski definition) is 3. The van der Waals surface area contributed by atoms with E-state index in [0.29, 0.717) is 18.9 Å². The summed E-state index contributed by atoms with van der Waals surface area (Å²) < 4.78 is 0. The summed E-state index contributed by atoms with van der Waals surface area (Å²) in [6, 6.07) is 17.7. The maximum absolute atomic E-state index is 12.4. The van der Waals surface area contributed by atoms with Gasteiger partial charge in [-0.05, 0) is 24.1 Å². The van der Waals surface area contributed by atoms with Crippen molar-refractivity contribution < 1.29 is 9.59 Å². The van der Waals surface area contributed by atoms with E-state index >= 15 is 0 Å². The molecule has 1 aliphatic heterocycles. The van der Waals surface area contributed by atoms with E-state index in [-0.39, 0.29) is 24.2 Å². The van der Waals surface area contributed by atoms with Gasteiger partial charge in [-0.1, -0.05) is 42.5 Å². The first-order valence-corrected chi connectivity index (χ1v) is 8.77. The number of carbonyl (C=O) groups excluding carboxylic acids is 2. The normalized spacial score (nSPS) is 17.0. The third-order valence-electron chi connectivity index (χ3n) is 4.76. The molecule has 1 aromatic heterocycles. The second kappa shape index (κ2) is 7.00. The van der Waals surface area contributed by atoms with Crippen molar-refractivity contribution in [3.63, 3.8) is 0 Å². The summed E-state index contributed by atoms with van der Waals surface area (Å²) in [5.41, 5.74) is 2.06. The summed E-state index contributed by atoms with van der Waals surface area (Å²) in [7, 11) is 0. The monoisotopic (exact) mass is 348 g/mol. The van der Waals surface area contributed by atoms with Crippen molar-refractivity contribution in [2.45, 2.75) is 12.8 Å². The second-order valence-corrected chi connectivity index (χ2v) is 6.52. The third-order valence-corrected chi connectivity index (χ3v) is 4.76. The Bertz CT molecular complexity index is 935. The number of H-pyrrole nitrogens is 1. The van der Waals surface area contributed by atoms with Crippen LogP contribution in [0.3, 0.4) is 0 Å². The fourth-order valence-corrected chi connectivity index (χ4v) is 3.36. The summed E-state index contributed by atoms with van der Waals surface area (Å²) in [5.74, 6) is 0.126. The number of para-hydroxylation sites is 1. The van der Waals surface area contributed by atoms with Crippen LogP contribution < -0.4 is 10.2 Å². The van der Waals surface area contributed by atoms with Gasteiger partial charge in [0.05, 0.1) is 11.4 Å². The fourth-order valence-electron chi connectivity index (χ4n) is 3.36. The van der Waals surface area contributed by atoms with Crippen LogP contribution in [0.5, 0.6) is 0 Å². The lowest BCUT2D eigenvalue weighted by atomic mass is 10.1. The highest BCUT2D eigenvalue weighted by atomic mass is 16.2. The molecule has 1 fully saturated rings. The fraction of sp³-hybridized carbons (Fsp3) is 0.250. The third kappa shape index (κ3) is 3.18. The Kier molecular flexibility index (Phi) is 4.39. The molecule has 0 aliphatic carbocycles. The highest BCUT2D eigenvalue weighted by Gasteiger charge is 2.36. The number of nitrogens with one attached hydrogen (secondary N) is 2. The maximum atomic E-state index is 12.4. The van der Waals surface area contributed by atoms with E-state index in [1.165, 1.54) is 5.56 Å². The van der Waals surface area contributed by atoms with E-state index in [0.717, 1.165) is 17.3 Å². The lowest BCUT2D eigenvalue weighted by Gasteiger charge is -2.14. The average molecular weight is 348 g/mol. The summed E-state index contributed by atoms with van der Waals surface area (Å²) in [4.78, 5) is 26.5. The number of benzene rings is 2. The van der Waals surface area contributed by atoms with Gasteiger partial charge in [-0.15, -0.1) is 0 Å². The summed E-state index contributed by atoms with van der Waals surface area (Å²) in [6.07, 6.45) is 0.999. The molecular weight excluding hydrogens is 328 g/mol. The zero-order valence-electron chi connectivity index (χ0n) is 14.3. The van der Waals surface area contributed by atoms with Crippen molar-refractivity contribution in [3.8, 4) is 0 Å². The van der Waals surface area contributed by atoms with Crippen LogP contribution in [0.2, 0.25) is 0 Å². The van der Waals surface area contributed by atoms with Crippen LogP contribution in [0.4, 0.5) is 5.82 Å². The highest BCUT2D eigenvalue weighted by molar-refractivity contribution is 6.05. The Labute approximate surface area is 151 Å². The van der Waals surface area contributed by atoms with Gasteiger partial charge in [0.15, 0.2) is 5.82 Å². The second-order valence-electron chi connectivity index (χ2n) is 6.52. The van der Waals surface area contributed by atoms with Gasteiger partial charge in [0, 0.05) is 24.9 Å². The first kappa shape index (κ1) is 16.3. The van der Waals surface area contributed by atoms with E-state index in [1.807, 2.05) is 54.6 Å². The molecule has 0 saturated carbocycles. The van der Waals surface area contributed by atoms with Crippen molar-refractivity contribution in [2.24, 2.45) is 5.92 Å². The maximum Gasteiger partial charge on any atom is 0.229 e. The molecule has 2 N–H and O–H groups in total. The standard InChI is InChI=1S/C20H20N4O2/c25-18-12-15(20(26)21-11-10-14-6-2-1-3-7-14)13-24(18)19-16-8-4-5-9-17(16)22-23-19/h1-9,15H,10-13H2,(H,21,26)(H,22,23)/t15-/m0/s1. The quantitative estimate of drug-likeness (QED) is 0.742. The number of aromatic nitrogens is 2. The number of amides is 2. The van der Waals surface area contributed by atoms with Crippen molar-refractivity contribution >= 4 is 28.5 Å². The number of rotatable bonds is 5. The molecule has 0 spiro atoms. The molecule has 6 nitrogen and oxygen atoms in total. The minimum Gasteiger partial charge on any atom is -0.355 e. The van der Waals surface area contributed by atoms with E-state index in [1.54, 1.807) is 4.90 Å². The molecule has 6 heteroatoms. The van der Waals surface area contributed by atoms with Crippen LogP contribution in [0, 0.1) is 5.92 Å². The first-order valence-electron chi connectivity index (χ1n) is 8.77. The molecule has 1 aliphatic rings. The molecule has 3 aromatic rings. The molecule has 2 amide bonds. The van der Waals surface area contributed by atoms with Gasteiger partial charge < -0.3 is 5.32 Å². The van der Waals surface area contributed by atoms with Crippen molar-refractivity contribution in [1.82, 2.24) is 15.5 Å². The van der Waals surface area contributed by atoms with E-state index < -0.39 is 0 Å². The molecule has 0 bridgehead atoms. The molecular formula is C20H20N4O2. The molecule has 4 rings (SSSR count). The summed E-state index contributed by atoms with van der Waals surface area (Å²) in [5, 5.41) is 11.1. The van der Waals surface area contributed by atoms with Gasteiger partial charge in [-0.2, -0.15) is 5.10 Å². The number of anilines is 1. The molecule has 0 unspecified atom stereocenters. The Hall–Kier alpha value is -3.15. The van der Waals surface area contributed by atoms with Crippen molar-refractivity contribution in [3.05, 3.63) is 60.2 Å². The lowest BCUT2D eigenvalue weighted by Crippen LogP contribution is -2.34. The molecule has 26 heavy (non-hydrogen) atoms. The predicted octanol–water partition coefficient (Wildman–Crippen LogP) is 2.27. The number of nitrogens with zero attached hydrogens (tertiary/aromatic N) is 2. The topological polar surface area (TPSA) is 78.1 Å². The van der Waals surface area contributed by atoms with Crippen LogP contribution in [0.1, 0.15) is 12.0 Å². The minimum absolute atomic E-state index is 0.0644. The van der Waals surface area contributed by atoms with Gasteiger partial charge in [-0.3, -0.25) is 19.6 Å². The zero-order valence-corrected chi connectivity index (χ0v) is 14.3. The molecule has 1 saturated heterocycles. The molecule has 132 valence electrons. The van der Waals surface area contributed by atoms with E-state index in [4.69, 9.17) is 0 Å². The van der Waals surface area contributed by atoms with Gasteiger partial charge in [0.1, 0.15) is 0 Å². The van der Waals surface area contributed by atoms with Gasteiger partial charge >= 0.3 is 0 Å². The zero-order chi connectivity index (χ0) is 17.9. The number of fused-ring (bicyclic) bond motifs is 1. The molecule has 2 aromatic carbocycles. The van der Waals surface area contributed by atoms with Crippen LogP contribution in [0.25, 0.3) is 10.9 Å². The summed E-state index contributed by atoms with van der Waals surface area (Å²) >= 11 is 0. The minimum atomic E-state index is -0.339. The van der Waals surface area contributed by atoms with Gasteiger partial charge in [0.25, 0.3) is 0 Å². The van der Waals surface area contributed by atoms with Crippen LogP contribution >= 0.6 is 0 Å². The highest BCUT2D eigenvalue weighted by Crippen LogP contribution is 2.29. The van der Waals surface area contributed by atoms with Crippen LogP contribution in [0.15, 0.2) is 54.6 Å². The lowest BCUT2D eigenvalue weighted by molar-refractivity contribution is -0.126. The number of aromatic amines is 1. The van der Waals surface area contributed by atoms with Gasteiger partial charge in [-0.25, -0.2) is 0 Å². The van der Waals surface area contributed by atoms with Crippen LogP contribution in [-0.2, 0) is 16.0 Å². The Morgan fingerprint density at radius 3 is 2.77 bits per heavy atom. The largest absolute Gasteiger partial charge is 0.355 e. The van der Waals surface area contributed by atoms with E-state index in [9.17, 15) is 9.59 Å². The van der Waals surface area contributed by atoms with Gasteiger partial charge in [0.2, 0.25) is 11.8 Å². The molecule has 1 atom stereocenters. The van der Waals surface area contributed by atoms with Crippen molar-refractivity contribution in [2.75, 3.05) is 18.0 Å². The molecule has 2 heterocycles. The predicted molar refractivity (Wildman–Crippen MR) is 99.7 cm³/mol. The SMILES string of the molecule is O=C(NCCc1ccccc1)[C@H]1CC(=O)N(c2n[nH]c3ccccc23)C1. The smallest absolute Gasteiger partial charge is 0.229 e. The van der Waals surface area contributed by atoms with E-state index in [2.05, 4.69) is 15.5 Å². The van der Waals surface area contributed by atoms with Crippen LogP contribution in [-0.4, -0.2) is 35.1 Å². The number of hydrogen-bond donors (Lipinski definition) is 2. The Balaban J connectivity index is 1.39. The Morgan fingerprint density at radius 1 is 1.15 bits per heavy atom. The summed E-state index contributed by atoms with van der Waals surface area (Å²) in [6.45, 7) is 0.934. The average Bonchev–Trinajstić information content (AvgIpc) is 3.26. The molecule has 0 radical (unpaired) electrons. The Morgan fingerprint density at radius 2 is 1.92 bits per heavy atom. The van der Waals surface area contributed by atoms with Crippen molar-refractivity contribution in [1.29, 1.82) is 0 Å². The first-order chi connectivity index (χ1) is 12.7. The number of carbonyl (C=O) groups is 2.